The van der Waals surface area contributed by atoms with Crippen LogP contribution in [0.2, 0.25) is 0 Å². The highest BCUT2D eigenvalue weighted by Crippen LogP contribution is 1.88. The molecule has 0 radical (unpaired) electrons. The number of nitrogens with zero attached hydrogens (tertiary/aromatic N) is 1. The number of nitrogens with one attached hydrogen (secondary N) is 1. The Labute approximate surface area is 73.1 Å². The van der Waals surface area contributed by atoms with Gasteiger partial charge < -0.3 is 4.98 Å². The third-order valence-corrected chi connectivity index (χ3v) is 2.42. The molecule has 0 aromatic carbocycles. The minimum atomic E-state index is -0.759. The Kier molecular flexibility index (Phi) is 3.28. The first-order valence-electron chi connectivity index (χ1n) is 3.74. The van der Waals surface area contributed by atoms with Gasteiger partial charge in [0.15, 0.2) is 0 Å². The first-order valence-corrected chi connectivity index (χ1v) is 5.46. The summed E-state index contributed by atoms with van der Waals surface area (Å²) >= 11 is 0. The van der Waals surface area contributed by atoms with Gasteiger partial charge in [-0.25, -0.2) is 4.79 Å². The van der Waals surface area contributed by atoms with E-state index in [1.807, 2.05) is 0 Å². The normalized spacial score (nSPS) is 13.1. The molecule has 0 bridgehead atoms. The summed E-state index contributed by atoms with van der Waals surface area (Å²) in [6, 6.07) is 0. The van der Waals surface area contributed by atoms with E-state index in [0.29, 0.717) is 12.3 Å². The van der Waals surface area contributed by atoms with E-state index < -0.39 is 10.8 Å². The fourth-order valence-corrected chi connectivity index (χ4v) is 1.50. The standard InChI is InChI=1S/C7H12N2O2S/c1-12(11)6-2-4-9-5-3-8-7(9)10/h3,5H,2,4,6H2,1H3,(H,8,10). The molecule has 0 saturated carbocycles. The third kappa shape index (κ3) is 2.65. The fraction of sp³-hybridized carbons (Fsp3) is 0.571. The minimum Gasteiger partial charge on any atom is -0.313 e. The Hall–Kier alpha value is -0.840. The molecule has 1 rings (SSSR count). The van der Waals surface area contributed by atoms with Crippen molar-refractivity contribution in [2.75, 3.05) is 12.0 Å². The molecule has 0 amide bonds. The van der Waals surface area contributed by atoms with E-state index in [1.165, 1.54) is 0 Å². The highest BCUT2D eigenvalue weighted by molar-refractivity contribution is 7.84. The number of hydrogen-bond acceptors (Lipinski definition) is 2. The van der Waals surface area contributed by atoms with Gasteiger partial charge in [-0.3, -0.25) is 8.78 Å². The molecule has 1 aromatic heterocycles. The number of hydrogen-bond donors (Lipinski definition) is 1. The number of aromatic amines is 1. The van der Waals surface area contributed by atoms with Crippen LogP contribution in [0.5, 0.6) is 0 Å². The Morgan fingerprint density at radius 1 is 1.67 bits per heavy atom. The van der Waals surface area contributed by atoms with E-state index in [0.717, 1.165) is 6.42 Å². The lowest BCUT2D eigenvalue weighted by Gasteiger charge is -1.98. The van der Waals surface area contributed by atoms with Gasteiger partial charge >= 0.3 is 5.69 Å². The highest BCUT2D eigenvalue weighted by atomic mass is 32.2. The van der Waals surface area contributed by atoms with E-state index in [4.69, 9.17) is 0 Å². The van der Waals surface area contributed by atoms with Crippen LogP contribution in [0.25, 0.3) is 0 Å². The van der Waals surface area contributed by atoms with Gasteiger partial charge in [-0.2, -0.15) is 0 Å². The average molecular weight is 188 g/mol. The molecule has 5 heteroatoms. The Balaban J connectivity index is 2.39. The molecule has 0 fully saturated rings. The van der Waals surface area contributed by atoms with Gasteiger partial charge in [0.05, 0.1) is 0 Å². The van der Waals surface area contributed by atoms with Crippen LogP contribution in [-0.4, -0.2) is 25.8 Å². The molecular formula is C7H12N2O2S. The van der Waals surface area contributed by atoms with Gasteiger partial charge in [-0.15, -0.1) is 0 Å². The second kappa shape index (κ2) is 4.25. The minimum absolute atomic E-state index is 0.100. The Morgan fingerprint density at radius 3 is 2.92 bits per heavy atom. The number of aryl methyl sites for hydroxylation is 1. The summed E-state index contributed by atoms with van der Waals surface area (Å²) in [6.45, 7) is 0.641. The SMILES string of the molecule is CS(=O)CCCn1cc[nH]c1=O. The summed E-state index contributed by atoms with van der Waals surface area (Å²) in [6.07, 6.45) is 5.74. The molecule has 4 nitrogen and oxygen atoms in total. The van der Waals surface area contributed by atoms with Crippen LogP contribution in [0.3, 0.4) is 0 Å². The van der Waals surface area contributed by atoms with E-state index in [1.54, 1.807) is 23.2 Å². The lowest BCUT2D eigenvalue weighted by molar-refractivity contribution is 0.647. The maximum Gasteiger partial charge on any atom is 0.325 e. The molecule has 1 heterocycles. The van der Waals surface area contributed by atoms with Crippen molar-refractivity contribution in [2.24, 2.45) is 0 Å². The molecule has 12 heavy (non-hydrogen) atoms. The molecule has 0 saturated heterocycles. The molecular weight excluding hydrogens is 176 g/mol. The number of rotatable bonds is 4. The second-order valence-corrected chi connectivity index (χ2v) is 4.14. The van der Waals surface area contributed by atoms with E-state index in [9.17, 15) is 9.00 Å². The third-order valence-electron chi connectivity index (χ3n) is 1.55. The topological polar surface area (TPSA) is 54.9 Å². The smallest absolute Gasteiger partial charge is 0.313 e. The van der Waals surface area contributed by atoms with Crippen molar-refractivity contribution in [3.05, 3.63) is 22.9 Å². The van der Waals surface area contributed by atoms with Crippen molar-refractivity contribution in [2.45, 2.75) is 13.0 Å². The molecule has 0 aliphatic heterocycles. The lowest BCUT2D eigenvalue weighted by atomic mass is 10.5. The van der Waals surface area contributed by atoms with Crippen molar-refractivity contribution in [1.29, 1.82) is 0 Å². The summed E-state index contributed by atoms with van der Waals surface area (Å²) in [5.41, 5.74) is -0.100. The van der Waals surface area contributed by atoms with Crippen LogP contribution in [0.15, 0.2) is 17.2 Å². The predicted octanol–water partition coefficient (Wildman–Crippen LogP) is -0.0550. The zero-order valence-electron chi connectivity index (χ0n) is 6.95. The van der Waals surface area contributed by atoms with Gasteiger partial charge in [-0.1, -0.05) is 0 Å². The van der Waals surface area contributed by atoms with E-state index in [2.05, 4.69) is 4.98 Å². The molecule has 1 unspecified atom stereocenters. The summed E-state index contributed by atoms with van der Waals surface area (Å²) < 4.78 is 12.2. The molecule has 0 aliphatic rings. The fourth-order valence-electron chi connectivity index (χ4n) is 0.963. The molecule has 1 atom stereocenters. The van der Waals surface area contributed by atoms with E-state index >= 15 is 0 Å². The summed E-state index contributed by atoms with van der Waals surface area (Å²) in [7, 11) is -0.759. The zero-order chi connectivity index (χ0) is 8.97. The van der Waals surface area contributed by atoms with Crippen molar-refractivity contribution in [3.8, 4) is 0 Å². The average Bonchev–Trinajstić information content (AvgIpc) is 2.36. The second-order valence-electron chi connectivity index (χ2n) is 2.59. The zero-order valence-corrected chi connectivity index (χ0v) is 7.76. The molecule has 0 spiro atoms. The first kappa shape index (κ1) is 9.25. The maximum absolute atomic E-state index is 10.9. The van der Waals surface area contributed by atoms with Crippen molar-refractivity contribution in [1.82, 2.24) is 9.55 Å². The van der Waals surface area contributed by atoms with E-state index in [-0.39, 0.29) is 5.69 Å². The maximum atomic E-state index is 10.9. The number of aromatic nitrogens is 2. The van der Waals surface area contributed by atoms with Crippen molar-refractivity contribution < 1.29 is 4.21 Å². The van der Waals surface area contributed by atoms with Crippen LogP contribution in [-0.2, 0) is 17.3 Å². The lowest BCUT2D eigenvalue weighted by Crippen LogP contribution is -2.17. The molecule has 1 aromatic rings. The molecule has 0 aliphatic carbocycles. The summed E-state index contributed by atoms with van der Waals surface area (Å²) in [4.78, 5) is 13.5. The highest BCUT2D eigenvalue weighted by Gasteiger charge is 1.96. The largest absolute Gasteiger partial charge is 0.325 e. The predicted molar refractivity (Wildman–Crippen MR) is 48.6 cm³/mol. The monoisotopic (exact) mass is 188 g/mol. The van der Waals surface area contributed by atoms with Crippen molar-refractivity contribution >= 4 is 10.8 Å². The van der Waals surface area contributed by atoms with Gasteiger partial charge in [0.2, 0.25) is 0 Å². The van der Waals surface area contributed by atoms with Gasteiger partial charge in [0.1, 0.15) is 0 Å². The van der Waals surface area contributed by atoms with Gasteiger partial charge in [0.25, 0.3) is 0 Å². The number of imidazole rings is 1. The Bertz CT molecular complexity index is 315. The van der Waals surface area contributed by atoms with Crippen LogP contribution in [0.1, 0.15) is 6.42 Å². The van der Waals surface area contributed by atoms with Crippen LogP contribution >= 0.6 is 0 Å². The summed E-state index contributed by atoms with van der Waals surface area (Å²) in [5, 5.41) is 0. The molecule has 68 valence electrons. The van der Waals surface area contributed by atoms with Crippen molar-refractivity contribution in [3.63, 3.8) is 0 Å². The molecule has 1 N–H and O–H groups in total. The quantitative estimate of drug-likeness (QED) is 0.720. The van der Waals surface area contributed by atoms with Crippen LogP contribution in [0, 0.1) is 0 Å². The van der Waals surface area contributed by atoms with Gasteiger partial charge in [-0.05, 0) is 6.42 Å². The Morgan fingerprint density at radius 2 is 2.42 bits per heavy atom. The van der Waals surface area contributed by atoms with Gasteiger partial charge in [0, 0.05) is 41.7 Å². The van der Waals surface area contributed by atoms with Crippen LogP contribution < -0.4 is 5.69 Å². The summed E-state index contributed by atoms with van der Waals surface area (Å²) in [5.74, 6) is 0.650. The number of H-pyrrole nitrogens is 1. The van der Waals surface area contributed by atoms with Crippen LogP contribution in [0.4, 0.5) is 0 Å². The first-order chi connectivity index (χ1) is 5.70.